The van der Waals surface area contributed by atoms with Crippen molar-refractivity contribution in [3.05, 3.63) is 45.2 Å². The van der Waals surface area contributed by atoms with E-state index in [1.807, 2.05) is 24.3 Å². The lowest BCUT2D eigenvalue weighted by Gasteiger charge is -2.25. The van der Waals surface area contributed by atoms with Gasteiger partial charge < -0.3 is 10.2 Å². The van der Waals surface area contributed by atoms with Crippen molar-refractivity contribution < 1.29 is 9.59 Å². The molecule has 0 saturated heterocycles. The van der Waals surface area contributed by atoms with Gasteiger partial charge in [-0.1, -0.05) is 41.4 Å². The number of amides is 2. The number of nitrogens with zero attached hydrogens (tertiary/aromatic N) is 1. The maximum Gasteiger partial charge on any atom is 0.240 e. The van der Waals surface area contributed by atoms with Crippen LogP contribution >= 0.6 is 39.0 Å². The second-order valence-corrected chi connectivity index (χ2v) is 9.46. The molecule has 138 valence electrons. The fraction of sp³-hybridized carbons (Fsp3) is 0.368. The van der Waals surface area contributed by atoms with Crippen LogP contribution in [-0.2, 0) is 22.6 Å². The van der Waals surface area contributed by atoms with Crippen LogP contribution in [0, 0.1) is 0 Å². The molecule has 0 fully saturated rings. The average molecular weight is 453 g/mol. The summed E-state index contributed by atoms with van der Waals surface area (Å²) in [6.07, 6.45) is 3.33. The zero-order chi connectivity index (χ0) is 18.5. The fourth-order valence-corrected chi connectivity index (χ4v) is 5.57. The van der Waals surface area contributed by atoms with Crippen LogP contribution in [-0.4, -0.2) is 24.1 Å². The van der Waals surface area contributed by atoms with Gasteiger partial charge in [-0.25, -0.2) is 0 Å². The van der Waals surface area contributed by atoms with Gasteiger partial charge in [-0.3, -0.25) is 9.59 Å². The molecular weight excluding hydrogens is 432 g/mol. The number of hydrogen-bond acceptors (Lipinski definition) is 4. The van der Waals surface area contributed by atoms with Gasteiger partial charge in [-0.05, 0) is 36.6 Å². The molecule has 26 heavy (non-hydrogen) atoms. The Balaban J connectivity index is 1.64. The highest BCUT2D eigenvalue weighted by atomic mass is 79.9. The lowest BCUT2D eigenvalue weighted by Crippen LogP contribution is -2.42. The van der Waals surface area contributed by atoms with Crippen molar-refractivity contribution in [1.29, 1.82) is 0 Å². The molecule has 0 unspecified atom stereocenters. The molecule has 0 radical (unpaired) electrons. The predicted octanol–water partition coefficient (Wildman–Crippen LogP) is 4.61. The Hall–Kier alpha value is -1.31. The molecule has 0 bridgehead atoms. The van der Waals surface area contributed by atoms with Crippen LogP contribution in [0.5, 0.6) is 0 Å². The minimum atomic E-state index is -0.141. The number of carbonyl (C=O) groups excluding carboxylic acids is 2. The monoisotopic (exact) mass is 452 g/mol. The van der Waals surface area contributed by atoms with Gasteiger partial charge in [0, 0.05) is 15.9 Å². The van der Waals surface area contributed by atoms with Gasteiger partial charge in [0.15, 0.2) is 0 Å². The number of thiophene rings is 1. The van der Waals surface area contributed by atoms with E-state index < -0.39 is 0 Å². The number of fused-ring (bicyclic) bond motifs is 1. The Morgan fingerprint density at radius 2 is 2.19 bits per heavy atom. The van der Waals surface area contributed by atoms with E-state index in [9.17, 15) is 9.59 Å². The number of anilines is 1. The highest BCUT2D eigenvalue weighted by molar-refractivity contribution is 9.10. The second kappa shape index (κ2) is 9.06. The number of benzene rings is 1. The van der Waals surface area contributed by atoms with Gasteiger partial charge in [0.05, 0.1) is 15.6 Å². The SMILES string of the molecule is CCCCc1cc2c(s1)SCC(=O)N2CC(=O)NCc1cccc(Br)c1. The van der Waals surface area contributed by atoms with E-state index in [0.717, 1.165) is 39.2 Å². The Kier molecular flexibility index (Phi) is 6.78. The molecule has 4 nitrogen and oxygen atoms in total. The average Bonchev–Trinajstić information content (AvgIpc) is 3.04. The van der Waals surface area contributed by atoms with E-state index in [0.29, 0.717) is 12.3 Å². The lowest BCUT2D eigenvalue weighted by atomic mass is 10.2. The smallest absolute Gasteiger partial charge is 0.240 e. The van der Waals surface area contributed by atoms with Gasteiger partial charge in [0.2, 0.25) is 11.8 Å². The van der Waals surface area contributed by atoms with Crippen molar-refractivity contribution in [2.24, 2.45) is 0 Å². The van der Waals surface area contributed by atoms with Crippen molar-refractivity contribution in [3.63, 3.8) is 0 Å². The Bertz CT molecular complexity index is 807. The summed E-state index contributed by atoms with van der Waals surface area (Å²) in [4.78, 5) is 27.7. The number of rotatable bonds is 7. The lowest BCUT2D eigenvalue weighted by molar-refractivity contribution is -0.123. The van der Waals surface area contributed by atoms with Crippen molar-refractivity contribution in [2.75, 3.05) is 17.2 Å². The molecule has 2 heterocycles. The van der Waals surface area contributed by atoms with Crippen LogP contribution in [0.1, 0.15) is 30.2 Å². The molecule has 1 aliphatic heterocycles. The highest BCUT2D eigenvalue weighted by Crippen LogP contribution is 2.42. The summed E-state index contributed by atoms with van der Waals surface area (Å²) in [5.41, 5.74) is 1.92. The van der Waals surface area contributed by atoms with Gasteiger partial charge in [-0.2, -0.15) is 0 Å². The number of thioether (sulfide) groups is 1. The van der Waals surface area contributed by atoms with Gasteiger partial charge in [0.1, 0.15) is 6.54 Å². The molecular formula is C19H21BrN2O2S2. The van der Waals surface area contributed by atoms with Crippen molar-refractivity contribution in [3.8, 4) is 0 Å². The van der Waals surface area contributed by atoms with Gasteiger partial charge in [-0.15, -0.1) is 23.1 Å². The number of unbranched alkanes of at least 4 members (excludes halogenated alkanes) is 1. The number of aryl methyl sites for hydroxylation is 1. The normalized spacial score (nSPS) is 13.6. The summed E-state index contributed by atoms with van der Waals surface area (Å²) >= 11 is 6.76. The molecule has 0 spiro atoms. The molecule has 3 rings (SSSR count). The first-order valence-corrected chi connectivity index (χ1v) is 11.2. The third kappa shape index (κ3) is 4.90. The Morgan fingerprint density at radius 3 is 2.96 bits per heavy atom. The predicted molar refractivity (Wildman–Crippen MR) is 112 cm³/mol. The second-order valence-electron chi connectivity index (χ2n) is 6.16. The molecule has 0 aliphatic carbocycles. The quantitative estimate of drug-likeness (QED) is 0.666. The van der Waals surface area contributed by atoms with Crippen molar-refractivity contribution in [1.82, 2.24) is 5.32 Å². The van der Waals surface area contributed by atoms with Crippen LogP contribution in [0.2, 0.25) is 0 Å². The topological polar surface area (TPSA) is 49.4 Å². The molecule has 0 atom stereocenters. The van der Waals surface area contributed by atoms with Crippen LogP contribution in [0.15, 0.2) is 39.0 Å². The van der Waals surface area contributed by atoms with E-state index in [2.05, 4.69) is 34.2 Å². The van der Waals surface area contributed by atoms with Crippen LogP contribution in [0.3, 0.4) is 0 Å². The summed E-state index contributed by atoms with van der Waals surface area (Å²) in [5, 5.41) is 2.91. The molecule has 1 aromatic heterocycles. The molecule has 7 heteroatoms. The van der Waals surface area contributed by atoms with Crippen molar-refractivity contribution >= 4 is 56.5 Å². The Morgan fingerprint density at radius 1 is 1.35 bits per heavy atom. The number of halogens is 1. The molecule has 0 saturated carbocycles. The summed E-state index contributed by atoms with van der Waals surface area (Å²) in [5.74, 6) is 0.261. The number of carbonyl (C=O) groups is 2. The summed E-state index contributed by atoms with van der Waals surface area (Å²) in [7, 11) is 0. The zero-order valence-corrected chi connectivity index (χ0v) is 17.8. The molecule has 1 aliphatic rings. The van der Waals surface area contributed by atoms with Crippen LogP contribution in [0.4, 0.5) is 5.69 Å². The minimum absolute atomic E-state index is 0.0000490. The maximum atomic E-state index is 12.4. The van der Waals surface area contributed by atoms with Crippen molar-refractivity contribution in [2.45, 2.75) is 36.9 Å². The van der Waals surface area contributed by atoms with E-state index >= 15 is 0 Å². The molecule has 2 aromatic rings. The van der Waals surface area contributed by atoms with Gasteiger partial charge in [0.25, 0.3) is 0 Å². The molecule has 1 aromatic carbocycles. The van der Waals surface area contributed by atoms with E-state index in [1.54, 1.807) is 28.0 Å². The van der Waals surface area contributed by atoms with E-state index in [1.165, 1.54) is 4.88 Å². The van der Waals surface area contributed by atoms with Crippen LogP contribution in [0.25, 0.3) is 0 Å². The first-order valence-electron chi connectivity index (χ1n) is 8.64. The third-order valence-corrected chi connectivity index (χ3v) is 7.04. The first-order chi connectivity index (χ1) is 12.6. The van der Waals surface area contributed by atoms with Crippen LogP contribution < -0.4 is 10.2 Å². The molecule has 1 N–H and O–H groups in total. The Labute approximate surface area is 170 Å². The summed E-state index contributed by atoms with van der Waals surface area (Å²) in [6, 6.07) is 9.90. The first kappa shape index (κ1) is 19.5. The zero-order valence-electron chi connectivity index (χ0n) is 14.6. The summed E-state index contributed by atoms with van der Waals surface area (Å²) in [6.45, 7) is 2.70. The van der Waals surface area contributed by atoms with E-state index in [-0.39, 0.29) is 18.4 Å². The number of hydrogen-bond donors (Lipinski definition) is 1. The maximum absolute atomic E-state index is 12.4. The van der Waals surface area contributed by atoms with Gasteiger partial charge >= 0.3 is 0 Å². The fourth-order valence-electron chi connectivity index (χ4n) is 2.74. The largest absolute Gasteiger partial charge is 0.350 e. The highest BCUT2D eigenvalue weighted by Gasteiger charge is 2.28. The van der Waals surface area contributed by atoms with E-state index in [4.69, 9.17) is 0 Å². The molecule has 2 amide bonds. The standard InChI is InChI=1S/C19H21BrN2O2S2/c1-2-3-7-15-9-16-19(26-15)25-12-18(24)22(16)11-17(23)21-10-13-5-4-6-14(20)8-13/h4-6,8-9H,2-3,7,10-12H2,1H3,(H,21,23). The summed E-state index contributed by atoms with van der Waals surface area (Å²) < 4.78 is 2.13. The minimum Gasteiger partial charge on any atom is -0.350 e. The number of nitrogens with one attached hydrogen (secondary N) is 1. The third-order valence-electron chi connectivity index (χ3n) is 4.11.